The summed E-state index contributed by atoms with van der Waals surface area (Å²) < 4.78 is 5.37. The Morgan fingerprint density at radius 1 is 1.21 bits per heavy atom. The van der Waals surface area contributed by atoms with Crippen molar-refractivity contribution in [2.45, 2.75) is 51.9 Å². The van der Waals surface area contributed by atoms with Gasteiger partial charge >= 0.3 is 5.97 Å². The molecule has 5 atom stereocenters. The van der Waals surface area contributed by atoms with Crippen LogP contribution in [-0.2, 0) is 9.53 Å². The summed E-state index contributed by atoms with van der Waals surface area (Å²) in [4.78, 5) is 11.7. The van der Waals surface area contributed by atoms with Gasteiger partial charge in [-0.15, -0.1) is 0 Å². The molecular formula is C15H22O4. The third kappa shape index (κ3) is 2.90. The smallest absolute Gasteiger partial charge is 0.309 e. The van der Waals surface area contributed by atoms with Crippen LogP contribution in [0.3, 0.4) is 0 Å². The largest absolute Gasteiger partial charge is 0.458 e. The zero-order valence-corrected chi connectivity index (χ0v) is 11.7. The SMILES string of the molecule is C/C1=C/C[C@@H]2[C@H](/C=C(/C)[C@@H](O)C[C@@H]1O)OC(=O)[C@H]2C. The molecule has 0 aromatic carbocycles. The fraction of sp³-hybridized carbons (Fsp3) is 0.667. The molecule has 0 saturated carbocycles. The lowest BCUT2D eigenvalue weighted by molar-refractivity contribution is -0.142. The molecule has 1 fully saturated rings. The summed E-state index contributed by atoms with van der Waals surface area (Å²) in [5, 5.41) is 20.0. The number of carbonyl (C=O) groups is 1. The van der Waals surface area contributed by atoms with E-state index in [1.807, 2.05) is 32.9 Å². The van der Waals surface area contributed by atoms with Crippen molar-refractivity contribution in [3.63, 3.8) is 0 Å². The van der Waals surface area contributed by atoms with E-state index < -0.39 is 12.2 Å². The van der Waals surface area contributed by atoms with Crippen molar-refractivity contribution in [1.82, 2.24) is 0 Å². The first kappa shape index (κ1) is 14.3. The van der Waals surface area contributed by atoms with E-state index in [0.29, 0.717) is 6.42 Å². The third-order valence-electron chi connectivity index (χ3n) is 4.33. The van der Waals surface area contributed by atoms with Crippen LogP contribution in [0, 0.1) is 11.8 Å². The molecule has 0 bridgehead atoms. The molecule has 4 nitrogen and oxygen atoms in total. The van der Waals surface area contributed by atoms with Gasteiger partial charge in [-0.25, -0.2) is 0 Å². The van der Waals surface area contributed by atoms with Gasteiger partial charge in [0.1, 0.15) is 6.10 Å². The molecule has 0 spiro atoms. The summed E-state index contributed by atoms with van der Waals surface area (Å²) in [6.07, 6.45) is 3.18. The molecule has 0 unspecified atom stereocenters. The molecule has 1 aliphatic heterocycles. The average Bonchev–Trinajstić information content (AvgIpc) is 2.61. The van der Waals surface area contributed by atoms with E-state index in [9.17, 15) is 15.0 Å². The topological polar surface area (TPSA) is 66.8 Å². The average molecular weight is 266 g/mol. The van der Waals surface area contributed by atoms with E-state index in [1.54, 1.807) is 0 Å². The fourth-order valence-electron chi connectivity index (χ4n) is 2.70. The Hall–Kier alpha value is -1.13. The number of esters is 1. The summed E-state index contributed by atoms with van der Waals surface area (Å²) in [5.41, 5.74) is 1.60. The van der Waals surface area contributed by atoms with Gasteiger partial charge in [0.05, 0.1) is 18.1 Å². The van der Waals surface area contributed by atoms with Crippen molar-refractivity contribution in [3.8, 4) is 0 Å². The molecule has 2 rings (SSSR count). The highest BCUT2D eigenvalue weighted by atomic mass is 16.6. The normalized spacial score (nSPS) is 45.5. The van der Waals surface area contributed by atoms with Crippen LogP contribution in [0.5, 0.6) is 0 Å². The van der Waals surface area contributed by atoms with Gasteiger partial charge in [-0.3, -0.25) is 4.79 Å². The van der Waals surface area contributed by atoms with Gasteiger partial charge in [0, 0.05) is 12.3 Å². The Morgan fingerprint density at radius 3 is 2.53 bits per heavy atom. The Balaban J connectivity index is 2.32. The summed E-state index contributed by atoms with van der Waals surface area (Å²) in [6, 6.07) is 0. The second-order valence-electron chi connectivity index (χ2n) is 5.72. The second kappa shape index (κ2) is 5.47. The molecule has 1 aliphatic carbocycles. The van der Waals surface area contributed by atoms with Gasteiger partial charge in [-0.05, 0) is 37.5 Å². The number of rotatable bonds is 0. The minimum atomic E-state index is -0.702. The summed E-state index contributed by atoms with van der Waals surface area (Å²) in [6.45, 7) is 5.54. The molecule has 0 amide bonds. The van der Waals surface area contributed by atoms with Crippen molar-refractivity contribution < 1.29 is 19.7 Å². The van der Waals surface area contributed by atoms with Crippen molar-refractivity contribution in [1.29, 1.82) is 0 Å². The fourth-order valence-corrected chi connectivity index (χ4v) is 2.70. The molecule has 2 N–H and O–H groups in total. The van der Waals surface area contributed by atoms with Gasteiger partial charge in [0.25, 0.3) is 0 Å². The molecule has 0 aromatic heterocycles. The van der Waals surface area contributed by atoms with E-state index in [0.717, 1.165) is 11.1 Å². The van der Waals surface area contributed by atoms with Crippen LogP contribution in [0.25, 0.3) is 0 Å². The van der Waals surface area contributed by atoms with Crippen molar-refractivity contribution >= 4 is 5.97 Å². The maximum absolute atomic E-state index is 11.7. The number of fused-ring (bicyclic) bond motifs is 1. The van der Waals surface area contributed by atoms with Crippen LogP contribution in [0.15, 0.2) is 23.3 Å². The maximum Gasteiger partial charge on any atom is 0.309 e. The zero-order chi connectivity index (χ0) is 14.2. The monoisotopic (exact) mass is 266 g/mol. The lowest BCUT2D eigenvalue weighted by atomic mass is 9.85. The molecule has 106 valence electrons. The van der Waals surface area contributed by atoms with Crippen molar-refractivity contribution in [2.24, 2.45) is 11.8 Å². The molecule has 0 radical (unpaired) electrons. The van der Waals surface area contributed by atoms with E-state index in [-0.39, 0.29) is 30.3 Å². The van der Waals surface area contributed by atoms with Gasteiger partial charge in [0.15, 0.2) is 0 Å². The first-order valence-corrected chi connectivity index (χ1v) is 6.81. The lowest BCUT2D eigenvalue weighted by Gasteiger charge is -2.22. The quantitative estimate of drug-likeness (QED) is 0.516. The Kier molecular flexibility index (Phi) is 4.11. The predicted molar refractivity (Wildman–Crippen MR) is 71.3 cm³/mol. The van der Waals surface area contributed by atoms with Gasteiger partial charge in [0.2, 0.25) is 0 Å². The molecule has 19 heavy (non-hydrogen) atoms. The molecule has 0 aromatic rings. The zero-order valence-electron chi connectivity index (χ0n) is 11.7. The maximum atomic E-state index is 11.7. The van der Waals surface area contributed by atoms with Crippen LogP contribution in [0.1, 0.15) is 33.6 Å². The number of hydrogen-bond donors (Lipinski definition) is 2. The molecule has 1 heterocycles. The number of ether oxygens (including phenoxy) is 1. The van der Waals surface area contributed by atoms with E-state index in [1.165, 1.54) is 0 Å². The molecule has 1 saturated heterocycles. The first-order valence-electron chi connectivity index (χ1n) is 6.81. The highest BCUT2D eigenvalue weighted by molar-refractivity contribution is 5.75. The number of hydrogen-bond acceptors (Lipinski definition) is 4. The van der Waals surface area contributed by atoms with Gasteiger partial charge < -0.3 is 14.9 Å². The number of carbonyl (C=O) groups excluding carboxylic acids is 1. The van der Waals surface area contributed by atoms with Crippen molar-refractivity contribution in [3.05, 3.63) is 23.3 Å². The number of aliphatic hydroxyl groups excluding tert-OH is 2. The molecule has 4 heteroatoms. The predicted octanol–water partition coefficient (Wildman–Crippen LogP) is 1.57. The summed E-state index contributed by atoms with van der Waals surface area (Å²) >= 11 is 0. The lowest BCUT2D eigenvalue weighted by Crippen LogP contribution is -2.24. The summed E-state index contributed by atoms with van der Waals surface area (Å²) in [7, 11) is 0. The Labute approximate surface area is 113 Å². The minimum absolute atomic E-state index is 0.0786. The van der Waals surface area contributed by atoms with E-state index in [4.69, 9.17) is 4.74 Å². The van der Waals surface area contributed by atoms with E-state index >= 15 is 0 Å². The van der Waals surface area contributed by atoms with Crippen LogP contribution in [0.2, 0.25) is 0 Å². The number of allylic oxidation sites excluding steroid dienone is 1. The standard InChI is InChI=1S/C15H22O4/c1-8-4-5-11-10(3)15(18)19-14(11)6-9(2)13(17)7-12(8)16/h4,6,10-14,16-17H,5,7H2,1-3H3/b8-4-,9-6-/t10-,11-,12-,13-,14-/m0/s1. The van der Waals surface area contributed by atoms with Gasteiger partial charge in [-0.1, -0.05) is 13.0 Å². The van der Waals surface area contributed by atoms with Gasteiger partial charge in [-0.2, -0.15) is 0 Å². The number of aliphatic hydroxyl groups is 2. The Bertz CT molecular complexity index is 424. The highest BCUT2D eigenvalue weighted by Crippen LogP contribution is 2.34. The van der Waals surface area contributed by atoms with Crippen LogP contribution >= 0.6 is 0 Å². The first-order chi connectivity index (χ1) is 8.90. The van der Waals surface area contributed by atoms with E-state index in [2.05, 4.69) is 0 Å². The second-order valence-corrected chi connectivity index (χ2v) is 5.72. The minimum Gasteiger partial charge on any atom is -0.458 e. The molecule has 2 aliphatic rings. The van der Waals surface area contributed by atoms with Crippen LogP contribution in [-0.4, -0.2) is 34.5 Å². The highest BCUT2D eigenvalue weighted by Gasteiger charge is 2.40. The van der Waals surface area contributed by atoms with Crippen LogP contribution < -0.4 is 0 Å². The summed E-state index contributed by atoms with van der Waals surface area (Å²) in [5.74, 6) is -0.249. The third-order valence-corrected chi connectivity index (χ3v) is 4.33. The van der Waals surface area contributed by atoms with Crippen LogP contribution in [0.4, 0.5) is 0 Å². The Morgan fingerprint density at radius 2 is 1.84 bits per heavy atom. The van der Waals surface area contributed by atoms with Crippen molar-refractivity contribution in [2.75, 3.05) is 0 Å². The molecular weight excluding hydrogens is 244 g/mol.